The van der Waals surface area contributed by atoms with E-state index in [0.29, 0.717) is 6.54 Å². The van der Waals surface area contributed by atoms with Gasteiger partial charge >= 0.3 is 0 Å². The number of piperidine rings is 1. The first-order chi connectivity index (χ1) is 7.47. The molecule has 0 aromatic carbocycles. The molecule has 1 aliphatic heterocycles. The molecule has 0 bridgehead atoms. The number of nitrogens with zero attached hydrogens (tertiary/aromatic N) is 1. The molecule has 16 heavy (non-hydrogen) atoms. The third-order valence-electron chi connectivity index (χ3n) is 3.19. The number of hydrogen-bond donors (Lipinski definition) is 1. The maximum atomic E-state index is 12.0. The number of carbonyl (C=O) groups is 2. The number of likely N-dealkylation sites (tertiary alicyclic amines) is 1. The summed E-state index contributed by atoms with van der Waals surface area (Å²) in [4.78, 5) is 24.8. The van der Waals surface area contributed by atoms with Gasteiger partial charge in [-0.2, -0.15) is 0 Å². The van der Waals surface area contributed by atoms with Crippen LogP contribution < -0.4 is 5.73 Å². The first-order valence-corrected chi connectivity index (χ1v) is 6.62. The van der Waals surface area contributed by atoms with Gasteiger partial charge in [-0.05, 0) is 26.2 Å². The fraction of sp³-hybridized carbons (Fsp3) is 0.818. The number of hydrogen-bond acceptors (Lipinski definition) is 2. The molecule has 5 heteroatoms. The Morgan fingerprint density at radius 3 is 2.62 bits per heavy atom. The van der Waals surface area contributed by atoms with Crippen molar-refractivity contribution in [1.29, 1.82) is 0 Å². The summed E-state index contributed by atoms with van der Waals surface area (Å²) in [5, 5.41) is 0. The Bertz CT molecular complexity index is 283. The second-order valence-electron chi connectivity index (χ2n) is 4.39. The van der Waals surface area contributed by atoms with E-state index in [-0.39, 0.29) is 28.6 Å². The molecule has 2 N–H and O–H groups in total. The molecule has 4 nitrogen and oxygen atoms in total. The van der Waals surface area contributed by atoms with Gasteiger partial charge in [0.1, 0.15) is 0 Å². The van der Waals surface area contributed by atoms with Crippen LogP contribution in [0.2, 0.25) is 0 Å². The Balaban J connectivity index is 2.69. The Hall–Kier alpha value is -0.580. The van der Waals surface area contributed by atoms with Crippen LogP contribution >= 0.6 is 15.9 Å². The van der Waals surface area contributed by atoms with Gasteiger partial charge in [0.25, 0.3) is 0 Å². The second-order valence-corrected chi connectivity index (χ2v) is 5.50. The van der Waals surface area contributed by atoms with Gasteiger partial charge in [0.15, 0.2) is 0 Å². The smallest absolute Gasteiger partial charge is 0.236 e. The van der Waals surface area contributed by atoms with E-state index >= 15 is 0 Å². The van der Waals surface area contributed by atoms with Gasteiger partial charge < -0.3 is 10.6 Å². The molecule has 1 rings (SSSR count). The summed E-state index contributed by atoms with van der Waals surface area (Å²) in [6, 6.07) is 0.203. The summed E-state index contributed by atoms with van der Waals surface area (Å²) < 4.78 is 0. The number of halogens is 1. The fourth-order valence-electron chi connectivity index (χ4n) is 2.00. The van der Waals surface area contributed by atoms with Gasteiger partial charge in [0, 0.05) is 12.6 Å². The van der Waals surface area contributed by atoms with Crippen LogP contribution in [0.5, 0.6) is 0 Å². The summed E-state index contributed by atoms with van der Waals surface area (Å²) in [6.45, 7) is 4.44. The molecule has 1 saturated heterocycles. The molecule has 0 aromatic heterocycles. The summed E-state index contributed by atoms with van der Waals surface area (Å²) in [6.07, 6.45) is 2.39. The van der Waals surface area contributed by atoms with Crippen LogP contribution in [0.1, 0.15) is 33.1 Å². The summed E-state index contributed by atoms with van der Waals surface area (Å²) in [5.74, 6) is -0.412. The summed E-state index contributed by atoms with van der Waals surface area (Å²) in [5.41, 5.74) is 5.29. The van der Waals surface area contributed by atoms with Crippen molar-refractivity contribution in [2.75, 3.05) is 6.54 Å². The van der Waals surface area contributed by atoms with Gasteiger partial charge in [-0.25, -0.2) is 0 Å². The van der Waals surface area contributed by atoms with Crippen LogP contribution in [0.4, 0.5) is 0 Å². The largest absolute Gasteiger partial charge is 0.369 e. The fourth-order valence-corrected chi connectivity index (χ4v) is 2.26. The standard InChI is InChI=1S/C11H19BrN2O2/c1-3-9(12)11(16)14-6-8(10(13)15)5-4-7(14)2/h7-9H,3-6H2,1-2H3,(H2,13,15). The predicted octanol–water partition coefficient (Wildman–Crippen LogP) is 1.27. The van der Waals surface area contributed by atoms with Crippen LogP contribution in [0.15, 0.2) is 0 Å². The highest BCUT2D eigenvalue weighted by Crippen LogP contribution is 2.24. The number of nitrogens with two attached hydrogens (primary N) is 1. The monoisotopic (exact) mass is 290 g/mol. The third kappa shape index (κ3) is 2.97. The van der Waals surface area contributed by atoms with Crippen LogP contribution in [0, 0.1) is 5.92 Å². The second kappa shape index (κ2) is 5.66. The highest BCUT2D eigenvalue weighted by atomic mass is 79.9. The third-order valence-corrected chi connectivity index (χ3v) is 4.23. The van der Waals surface area contributed by atoms with Gasteiger partial charge in [-0.1, -0.05) is 22.9 Å². The topological polar surface area (TPSA) is 63.4 Å². The Labute approximate surface area is 105 Å². The Morgan fingerprint density at radius 2 is 2.12 bits per heavy atom. The maximum Gasteiger partial charge on any atom is 0.236 e. The number of rotatable bonds is 3. The lowest BCUT2D eigenvalue weighted by Gasteiger charge is -2.37. The van der Waals surface area contributed by atoms with E-state index in [1.807, 2.05) is 13.8 Å². The highest BCUT2D eigenvalue weighted by molar-refractivity contribution is 9.10. The molecular weight excluding hydrogens is 272 g/mol. The number of alkyl halides is 1. The SMILES string of the molecule is CCC(Br)C(=O)N1CC(C(N)=O)CCC1C. The molecule has 0 spiro atoms. The summed E-state index contributed by atoms with van der Waals surface area (Å²) >= 11 is 3.35. The highest BCUT2D eigenvalue weighted by Gasteiger charge is 2.33. The maximum absolute atomic E-state index is 12.0. The van der Waals surface area contributed by atoms with E-state index in [1.54, 1.807) is 4.90 Å². The molecule has 1 heterocycles. The zero-order valence-corrected chi connectivity index (χ0v) is 11.4. The average Bonchev–Trinajstić information content (AvgIpc) is 2.27. The van der Waals surface area contributed by atoms with E-state index in [9.17, 15) is 9.59 Å². The molecule has 0 aliphatic carbocycles. The predicted molar refractivity (Wildman–Crippen MR) is 66.1 cm³/mol. The normalized spacial score (nSPS) is 27.6. The zero-order chi connectivity index (χ0) is 12.3. The molecule has 3 atom stereocenters. The van der Waals surface area contributed by atoms with Crippen molar-refractivity contribution in [3.63, 3.8) is 0 Å². The van der Waals surface area contributed by atoms with E-state index in [4.69, 9.17) is 5.73 Å². The van der Waals surface area contributed by atoms with Crippen LogP contribution in [0.3, 0.4) is 0 Å². The van der Waals surface area contributed by atoms with Crippen molar-refractivity contribution in [3.05, 3.63) is 0 Å². The first kappa shape index (κ1) is 13.5. The lowest BCUT2D eigenvalue weighted by Crippen LogP contribution is -2.50. The molecule has 2 amide bonds. The van der Waals surface area contributed by atoms with Gasteiger partial charge in [-0.15, -0.1) is 0 Å². The van der Waals surface area contributed by atoms with Crippen molar-refractivity contribution in [2.24, 2.45) is 11.7 Å². The van der Waals surface area contributed by atoms with Crippen LogP contribution in [-0.2, 0) is 9.59 Å². The van der Waals surface area contributed by atoms with Crippen molar-refractivity contribution in [3.8, 4) is 0 Å². The molecule has 92 valence electrons. The molecular formula is C11H19BrN2O2. The van der Waals surface area contributed by atoms with E-state index in [0.717, 1.165) is 19.3 Å². The minimum absolute atomic E-state index is 0.0703. The van der Waals surface area contributed by atoms with Gasteiger partial charge in [0.05, 0.1) is 10.7 Å². The van der Waals surface area contributed by atoms with Crippen LogP contribution in [0.25, 0.3) is 0 Å². The zero-order valence-electron chi connectivity index (χ0n) is 9.78. The number of primary amides is 1. The minimum Gasteiger partial charge on any atom is -0.369 e. The molecule has 1 fully saturated rings. The Morgan fingerprint density at radius 1 is 1.50 bits per heavy atom. The van der Waals surface area contributed by atoms with E-state index < -0.39 is 0 Å². The van der Waals surface area contributed by atoms with Gasteiger partial charge in [-0.3, -0.25) is 9.59 Å². The molecule has 3 unspecified atom stereocenters. The van der Waals surface area contributed by atoms with Crippen molar-refractivity contribution in [1.82, 2.24) is 4.90 Å². The van der Waals surface area contributed by atoms with Gasteiger partial charge in [0.2, 0.25) is 11.8 Å². The molecule has 1 aliphatic rings. The lowest BCUT2D eigenvalue weighted by molar-refractivity contribution is -0.137. The molecule has 0 radical (unpaired) electrons. The number of amides is 2. The van der Waals surface area contributed by atoms with Crippen molar-refractivity contribution >= 4 is 27.7 Å². The van der Waals surface area contributed by atoms with Crippen LogP contribution in [-0.4, -0.2) is 34.1 Å². The van der Waals surface area contributed by atoms with E-state index in [1.165, 1.54) is 0 Å². The molecule has 0 saturated carbocycles. The van der Waals surface area contributed by atoms with Crippen molar-refractivity contribution < 1.29 is 9.59 Å². The lowest BCUT2D eigenvalue weighted by atomic mass is 9.92. The van der Waals surface area contributed by atoms with E-state index in [2.05, 4.69) is 15.9 Å². The Kier molecular flexibility index (Phi) is 4.77. The van der Waals surface area contributed by atoms with Crippen molar-refractivity contribution in [2.45, 2.75) is 44.0 Å². The quantitative estimate of drug-likeness (QED) is 0.796. The number of carbonyl (C=O) groups excluding carboxylic acids is 2. The minimum atomic E-state index is -0.299. The summed E-state index contributed by atoms with van der Waals surface area (Å²) in [7, 11) is 0. The molecule has 0 aromatic rings. The first-order valence-electron chi connectivity index (χ1n) is 5.71. The average molecular weight is 291 g/mol.